The molecular weight excluding hydrogens is 721 g/mol. The van der Waals surface area contributed by atoms with Gasteiger partial charge in [-0.3, -0.25) is 9.59 Å². The van der Waals surface area contributed by atoms with Gasteiger partial charge < -0.3 is 9.80 Å². The van der Waals surface area contributed by atoms with Crippen molar-refractivity contribution >= 4 is 23.2 Å². The van der Waals surface area contributed by atoms with Crippen LogP contribution in [-0.4, -0.2) is 41.8 Å². The zero-order chi connectivity index (χ0) is 41.9. The molecule has 0 aliphatic carbocycles. The molecule has 300 valence electrons. The maximum Gasteiger partial charge on any atom is 0.232 e. The zero-order valence-electron chi connectivity index (χ0n) is 36.0. The van der Waals surface area contributed by atoms with Gasteiger partial charge in [0.15, 0.2) is 0 Å². The quantitative estimate of drug-likeness (QED) is 0.152. The van der Waals surface area contributed by atoms with Crippen LogP contribution in [0.25, 0.3) is 45.0 Å². The smallest absolute Gasteiger partial charge is 0.232 e. The molecule has 0 N–H and O–H groups in total. The van der Waals surface area contributed by atoms with Gasteiger partial charge in [0.25, 0.3) is 0 Å². The number of benzene rings is 4. The highest BCUT2D eigenvalue weighted by Gasteiger charge is 2.37. The van der Waals surface area contributed by atoms with Crippen molar-refractivity contribution in [3.05, 3.63) is 108 Å². The number of carbonyl (C=O) groups excluding carboxylic acids is 2. The molecule has 0 radical (unpaired) electrons. The highest BCUT2D eigenvalue weighted by atomic mass is 16.2. The third-order valence-electron chi connectivity index (χ3n) is 10.5. The Bertz CT molecular complexity index is 2520. The number of anilines is 2. The first-order valence-electron chi connectivity index (χ1n) is 20.1. The lowest BCUT2D eigenvalue weighted by Gasteiger charge is -2.33. The molecule has 0 saturated heterocycles. The molecule has 0 bridgehead atoms. The molecule has 6 aromatic rings. The van der Waals surface area contributed by atoms with Gasteiger partial charge in [0.2, 0.25) is 11.8 Å². The molecule has 2 aliphatic rings. The fourth-order valence-corrected chi connectivity index (χ4v) is 7.63. The molecule has 8 rings (SSSR count). The topological polar surface area (TPSA) is 102 Å². The molecule has 2 aromatic heterocycles. The van der Waals surface area contributed by atoms with Crippen molar-refractivity contribution < 1.29 is 9.59 Å². The first kappa shape index (κ1) is 40.3. The summed E-state index contributed by atoms with van der Waals surface area (Å²) in [7, 11) is 0. The molecule has 0 spiro atoms. The van der Waals surface area contributed by atoms with Crippen LogP contribution < -0.4 is 9.80 Å². The Morgan fingerprint density at radius 3 is 1.26 bits per heavy atom. The van der Waals surface area contributed by atoms with Gasteiger partial charge in [-0.15, -0.1) is 10.2 Å². The molecule has 0 atom stereocenters. The van der Waals surface area contributed by atoms with Crippen LogP contribution in [0, 0.1) is 10.8 Å². The van der Waals surface area contributed by atoms with Crippen molar-refractivity contribution in [2.24, 2.45) is 10.8 Å². The van der Waals surface area contributed by atoms with E-state index in [0.717, 1.165) is 67.5 Å². The number of hydrogen-bond donors (Lipinski definition) is 0. The van der Waals surface area contributed by atoms with E-state index in [1.165, 1.54) is 0 Å². The average Bonchev–Trinajstić information content (AvgIpc) is 3.80. The van der Waals surface area contributed by atoms with E-state index in [4.69, 9.17) is 0 Å². The van der Waals surface area contributed by atoms with Crippen LogP contribution >= 0.6 is 0 Å². The van der Waals surface area contributed by atoms with Gasteiger partial charge in [0.05, 0.1) is 46.9 Å². The molecule has 0 unspecified atom stereocenters. The largest absolute Gasteiger partial charge is 0.307 e. The van der Waals surface area contributed by atoms with Crippen LogP contribution in [0.3, 0.4) is 0 Å². The molecule has 4 aromatic carbocycles. The number of fused-ring (bicyclic) bond motifs is 10. The lowest BCUT2D eigenvalue weighted by molar-refractivity contribution is -0.126. The number of para-hydroxylation sites is 2. The third-order valence-corrected chi connectivity index (χ3v) is 10.5. The van der Waals surface area contributed by atoms with E-state index < -0.39 is 10.8 Å². The highest BCUT2D eigenvalue weighted by Crippen LogP contribution is 2.45. The van der Waals surface area contributed by atoms with Gasteiger partial charge in [-0.25, -0.2) is 9.36 Å². The van der Waals surface area contributed by atoms with Crippen molar-refractivity contribution in [2.75, 3.05) is 9.80 Å². The second-order valence-corrected chi connectivity index (χ2v) is 19.4. The molecular formula is C48H56N8O2. The Hall–Kier alpha value is -5.90. The minimum absolute atomic E-state index is 0.0893. The van der Waals surface area contributed by atoms with Crippen LogP contribution in [0.4, 0.5) is 11.4 Å². The summed E-state index contributed by atoms with van der Waals surface area (Å²) < 4.78 is 3.97. The van der Waals surface area contributed by atoms with Gasteiger partial charge in [-0.2, -0.15) is 0 Å². The molecule has 2 amide bonds. The van der Waals surface area contributed by atoms with Crippen LogP contribution in [0.2, 0.25) is 0 Å². The predicted octanol–water partition coefficient (Wildman–Crippen LogP) is 10.5. The van der Waals surface area contributed by atoms with Crippen LogP contribution in [0.15, 0.2) is 97.1 Å². The SMILES string of the molecule is CC(C)(C)C(=O)N1Cc2ccccc2-c2c(nnn2C(C)(C)C)-c2ccccc21.CC(C)(C)C(=O)N1Cc2ccccc2-c2nnn(C(C)(C)C)c2-c2ccccc21. The number of amides is 2. The number of carbonyl (C=O) groups is 2. The van der Waals surface area contributed by atoms with Gasteiger partial charge >= 0.3 is 0 Å². The molecule has 10 nitrogen and oxygen atoms in total. The molecule has 0 saturated carbocycles. The summed E-state index contributed by atoms with van der Waals surface area (Å²) in [5.41, 5.74) is 10.1. The standard InChI is InChI=1S/2C24H28N4O/c1-23(2,3)22(29)27-15-16-11-7-8-12-17(16)21-20(18-13-9-10-14-19(18)27)25-26-28(21)24(4,5)6;1-23(2,3)22(29)27-15-16-11-7-8-12-17(16)20-21(18-13-9-10-14-19(18)27)28(26-25-20)24(4,5)6/h2*7-14H,15H2,1-6H3. The molecule has 4 heterocycles. The fraction of sp³-hybridized carbons (Fsp3) is 0.375. The lowest BCUT2D eigenvalue weighted by Crippen LogP contribution is -2.40. The number of rotatable bonds is 0. The van der Waals surface area contributed by atoms with Gasteiger partial charge in [-0.1, -0.05) is 137 Å². The maximum absolute atomic E-state index is 13.5. The summed E-state index contributed by atoms with van der Waals surface area (Å²) in [6.07, 6.45) is 0. The molecule has 2 aliphatic heterocycles. The van der Waals surface area contributed by atoms with E-state index >= 15 is 0 Å². The summed E-state index contributed by atoms with van der Waals surface area (Å²) in [5, 5.41) is 18.3. The molecule has 58 heavy (non-hydrogen) atoms. The van der Waals surface area contributed by atoms with Crippen molar-refractivity contribution in [2.45, 2.75) is 107 Å². The van der Waals surface area contributed by atoms with Gasteiger partial charge in [-0.05, 0) is 64.8 Å². The van der Waals surface area contributed by atoms with E-state index in [9.17, 15) is 9.59 Å². The summed E-state index contributed by atoms with van der Waals surface area (Å²) in [6.45, 7) is 25.5. The van der Waals surface area contributed by atoms with E-state index in [1.54, 1.807) is 0 Å². The van der Waals surface area contributed by atoms with E-state index in [0.29, 0.717) is 13.1 Å². The van der Waals surface area contributed by atoms with Crippen LogP contribution in [0.5, 0.6) is 0 Å². The first-order chi connectivity index (χ1) is 27.2. The molecule has 0 fully saturated rings. The van der Waals surface area contributed by atoms with Crippen molar-refractivity contribution in [1.29, 1.82) is 0 Å². The summed E-state index contributed by atoms with van der Waals surface area (Å²) in [4.78, 5) is 30.7. The van der Waals surface area contributed by atoms with Crippen LogP contribution in [-0.2, 0) is 33.8 Å². The minimum Gasteiger partial charge on any atom is -0.307 e. The first-order valence-corrected chi connectivity index (χ1v) is 20.1. The predicted molar refractivity (Wildman–Crippen MR) is 233 cm³/mol. The maximum atomic E-state index is 13.5. The van der Waals surface area contributed by atoms with E-state index in [-0.39, 0.29) is 22.9 Å². The number of hydrogen-bond acceptors (Lipinski definition) is 6. The van der Waals surface area contributed by atoms with Gasteiger partial charge in [0, 0.05) is 33.1 Å². The van der Waals surface area contributed by atoms with E-state index in [1.807, 2.05) is 127 Å². The Morgan fingerprint density at radius 1 is 0.448 bits per heavy atom. The Morgan fingerprint density at radius 2 is 0.793 bits per heavy atom. The Kier molecular flexibility index (Phi) is 10.1. The molecule has 10 heteroatoms. The zero-order valence-corrected chi connectivity index (χ0v) is 36.0. The second-order valence-electron chi connectivity index (χ2n) is 19.4. The third kappa shape index (κ3) is 7.36. The normalized spacial score (nSPS) is 13.8. The highest BCUT2D eigenvalue weighted by molar-refractivity contribution is 6.03. The fourth-order valence-electron chi connectivity index (χ4n) is 7.63. The van der Waals surface area contributed by atoms with Crippen molar-refractivity contribution in [3.63, 3.8) is 0 Å². The average molecular weight is 777 g/mol. The summed E-state index contributed by atoms with van der Waals surface area (Å²) in [5.74, 6) is 0.185. The summed E-state index contributed by atoms with van der Waals surface area (Å²) in [6, 6.07) is 32.5. The minimum atomic E-state index is -0.493. The van der Waals surface area contributed by atoms with Crippen LogP contribution in [0.1, 0.15) is 94.2 Å². The number of nitrogens with zero attached hydrogens (tertiary/aromatic N) is 8. The Balaban J connectivity index is 0.000000177. The number of aromatic nitrogens is 6. The van der Waals surface area contributed by atoms with Crippen molar-refractivity contribution in [1.82, 2.24) is 30.0 Å². The van der Waals surface area contributed by atoms with Crippen molar-refractivity contribution in [3.8, 4) is 45.0 Å². The Labute approximate surface area is 342 Å². The van der Waals surface area contributed by atoms with E-state index in [2.05, 4.69) is 92.5 Å². The van der Waals surface area contributed by atoms with Gasteiger partial charge in [0.1, 0.15) is 11.4 Å². The summed E-state index contributed by atoms with van der Waals surface area (Å²) >= 11 is 0. The monoisotopic (exact) mass is 776 g/mol. The lowest BCUT2D eigenvalue weighted by atomic mass is 9.90. The second kappa shape index (κ2) is 14.5.